The number of amides is 7. The first-order chi connectivity index (χ1) is 28.2. The molecule has 0 unspecified atom stereocenters. The van der Waals surface area contributed by atoms with E-state index in [1.54, 1.807) is 44.2 Å². The monoisotopic (exact) mass is 845 g/mol. The fraction of sp³-hybridized carbons (Fsp3) is 0.615. The summed E-state index contributed by atoms with van der Waals surface area (Å²) in [6.07, 6.45) is 0.238. The lowest BCUT2D eigenvalue weighted by atomic mass is 9.98. The van der Waals surface area contributed by atoms with Gasteiger partial charge in [0.2, 0.25) is 41.4 Å². The van der Waals surface area contributed by atoms with Gasteiger partial charge < -0.3 is 64.6 Å². The number of aliphatic hydroxyl groups excluding tert-OH is 1. The van der Waals surface area contributed by atoms with Gasteiger partial charge in [-0.3, -0.25) is 38.6 Å². The summed E-state index contributed by atoms with van der Waals surface area (Å²) in [7, 11) is 0. The highest BCUT2D eigenvalue weighted by atomic mass is 16.4. The molecule has 7 atom stereocenters. The van der Waals surface area contributed by atoms with Crippen molar-refractivity contribution >= 4 is 53.3 Å². The second-order valence-corrected chi connectivity index (χ2v) is 15.7. The summed E-state index contributed by atoms with van der Waals surface area (Å²) in [5.41, 5.74) is 22.7. The predicted molar refractivity (Wildman–Crippen MR) is 220 cm³/mol. The third-order valence-electron chi connectivity index (χ3n) is 9.55. The summed E-state index contributed by atoms with van der Waals surface area (Å²) in [6.45, 7) is 6.71. The molecule has 1 aromatic rings. The quantitative estimate of drug-likeness (QED) is 0.0267. The molecule has 0 saturated carbocycles. The van der Waals surface area contributed by atoms with E-state index in [4.69, 9.17) is 22.9 Å². The predicted octanol–water partition coefficient (Wildman–Crippen LogP) is -2.93. The molecule has 1 aromatic carbocycles. The molecule has 15 N–H and O–H groups in total. The SMILES string of the molecule is CC(C)C[C@H](NC(=O)[C@H](Cc1ccccc1)NC(=O)[C@H](N)CO)C(=O)N[C@@H](CC(C)C)C(=O)N[C@@H](CCCN=C(N)N)C(=O)N[C@@H](CC(N)=O)C(=O)N1CCC[C@H]1C(=O)O. The van der Waals surface area contributed by atoms with E-state index in [1.165, 1.54) is 0 Å². The van der Waals surface area contributed by atoms with Crippen molar-refractivity contribution in [2.75, 3.05) is 19.7 Å². The standard InChI is InChI=1S/C39H63N11O10/c1-21(2)16-26(47-35(56)27(17-22(3)4)48-36(57)28(46-32(53)24(40)20-51)18-23-10-6-5-7-11-23)34(55)45-25(12-8-14-44-39(42)43)33(54)49-29(19-31(41)52)37(58)50-15-9-13-30(50)38(59)60/h5-7,10-11,21-22,24-30,51H,8-9,12-20,40H2,1-4H3,(H2,41,52)(H,45,55)(H,46,53)(H,47,56)(H,48,57)(H,49,54)(H,59,60)(H4,42,43,44)/t24-,25+,26+,27+,28+,29+,30+/m1/s1. The first-order valence-corrected chi connectivity index (χ1v) is 20.0. The van der Waals surface area contributed by atoms with E-state index in [2.05, 4.69) is 31.6 Å². The van der Waals surface area contributed by atoms with Gasteiger partial charge in [0.05, 0.1) is 13.0 Å². The van der Waals surface area contributed by atoms with Crippen LogP contribution in [0.2, 0.25) is 0 Å². The Morgan fingerprint density at radius 2 is 1.25 bits per heavy atom. The normalized spacial score (nSPS) is 16.7. The Bertz CT molecular complexity index is 1670. The number of primary amides is 1. The van der Waals surface area contributed by atoms with Gasteiger partial charge in [-0.15, -0.1) is 0 Å². The maximum absolute atomic E-state index is 14.0. The number of carboxylic acid groups (broad SMARTS) is 1. The summed E-state index contributed by atoms with van der Waals surface area (Å²) >= 11 is 0. The fourth-order valence-electron chi connectivity index (χ4n) is 6.58. The lowest BCUT2D eigenvalue weighted by Gasteiger charge is -2.29. The molecular weight excluding hydrogens is 782 g/mol. The van der Waals surface area contributed by atoms with Crippen LogP contribution in [0.5, 0.6) is 0 Å². The van der Waals surface area contributed by atoms with Crippen molar-refractivity contribution in [2.45, 2.75) is 121 Å². The Labute approximate surface area is 349 Å². The minimum absolute atomic E-state index is 0.0294. The maximum Gasteiger partial charge on any atom is 0.326 e. The summed E-state index contributed by atoms with van der Waals surface area (Å²) in [5, 5.41) is 32.1. The van der Waals surface area contributed by atoms with Crippen molar-refractivity contribution in [1.29, 1.82) is 0 Å². The van der Waals surface area contributed by atoms with Crippen LogP contribution in [-0.4, -0.2) is 130 Å². The number of guanidine groups is 1. The van der Waals surface area contributed by atoms with Crippen molar-refractivity contribution < 1.29 is 48.6 Å². The number of nitrogens with two attached hydrogens (primary N) is 4. The zero-order valence-electron chi connectivity index (χ0n) is 34.7. The summed E-state index contributed by atoms with van der Waals surface area (Å²) in [5.74, 6) is -7.45. The fourth-order valence-corrected chi connectivity index (χ4v) is 6.58. The van der Waals surface area contributed by atoms with Crippen LogP contribution in [-0.2, 0) is 44.8 Å². The highest BCUT2D eigenvalue weighted by Crippen LogP contribution is 2.20. The van der Waals surface area contributed by atoms with E-state index in [-0.39, 0.29) is 69.4 Å². The number of carbonyl (C=O) groups excluding carboxylic acids is 7. The van der Waals surface area contributed by atoms with Crippen LogP contribution in [0.1, 0.15) is 78.2 Å². The summed E-state index contributed by atoms with van der Waals surface area (Å²) in [4.78, 5) is 111. The number of likely N-dealkylation sites (tertiary alicyclic amines) is 1. The number of nitrogens with one attached hydrogen (secondary N) is 5. The van der Waals surface area contributed by atoms with Crippen molar-refractivity contribution in [1.82, 2.24) is 31.5 Å². The van der Waals surface area contributed by atoms with E-state index in [9.17, 15) is 48.6 Å². The number of hydrogen-bond acceptors (Lipinski definition) is 11. The Morgan fingerprint density at radius 1 is 0.750 bits per heavy atom. The lowest BCUT2D eigenvalue weighted by Crippen LogP contribution is -2.60. The summed E-state index contributed by atoms with van der Waals surface area (Å²) < 4.78 is 0. The van der Waals surface area contributed by atoms with E-state index < -0.39 is 103 Å². The van der Waals surface area contributed by atoms with Crippen LogP contribution >= 0.6 is 0 Å². The average molecular weight is 846 g/mol. The van der Waals surface area contributed by atoms with Gasteiger partial charge in [0.1, 0.15) is 42.3 Å². The first kappa shape index (κ1) is 50.3. The molecule has 21 nitrogen and oxygen atoms in total. The van der Waals surface area contributed by atoms with E-state index in [0.29, 0.717) is 12.0 Å². The van der Waals surface area contributed by atoms with E-state index in [1.807, 2.05) is 13.8 Å². The number of nitrogens with zero attached hydrogens (tertiary/aromatic N) is 2. The number of benzene rings is 1. The van der Waals surface area contributed by atoms with Gasteiger partial charge >= 0.3 is 5.97 Å². The molecule has 334 valence electrons. The third-order valence-corrected chi connectivity index (χ3v) is 9.55. The second kappa shape index (κ2) is 24.9. The highest BCUT2D eigenvalue weighted by molar-refractivity contribution is 5.98. The molecule has 1 heterocycles. The number of aliphatic hydroxyl groups is 1. The van der Waals surface area contributed by atoms with Crippen LogP contribution in [0.15, 0.2) is 35.3 Å². The Morgan fingerprint density at radius 3 is 1.75 bits per heavy atom. The van der Waals surface area contributed by atoms with Gasteiger partial charge in [-0.2, -0.15) is 0 Å². The van der Waals surface area contributed by atoms with Crippen LogP contribution < -0.4 is 49.5 Å². The average Bonchev–Trinajstić information content (AvgIpc) is 3.67. The molecule has 0 bridgehead atoms. The molecule has 1 aliphatic heterocycles. The van der Waals surface area contributed by atoms with Gasteiger partial charge in [0.25, 0.3) is 0 Å². The number of aliphatic carboxylic acids is 1. The third kappa shape index (κ3) is 17.2. The van der Waals surface area contributed by atoms with Crippen LogP contribution in [0, 0.1) is 11.8 Å². The molecule has 0 aliphatic carbocycles. The molecule has 1 fully saturated rings. The van der Waals surface area contributed by atoms with Crippen molar-refractivity contribution in [3.8, 4) is 0 Å². The number of carboxylic acids is 1. The molecule has 60 heavy (non-hydrogen) atoms. The Kier molecular flexibility index (Phi) is 20.9. The van der Waals surface area contributed by atoms with Crippen LogP contribution in [0.3, 0.4) is 0 Å². The van der Waals surface area contributed by atoms with Gasteiger partial charge in [-0.1, -0.05) is 58.0 Å². The topological polar surface area (TPSA) is 357 Å². The molecule has 0 radical (unpaired) electrons. The first-order valence-electron chi connectivity index (χ1n) is 20.0. The number of carbonyl (C=O) groups is 8. The molecule has 2 rings (SSSR count). The molecule has 0 spiro atoms. The minimum atomic E-state index is -1.55. The molecule has 0 aromatic heterocycles. The largest absolute Gasteiger partial charge is 0.480 e. The minimum Gasteiger partial charge on any atom is -0.480 e. The number of hydrogen-bond donors (Lipinski definition) is 11. The Hall–Kier alpha value is -5.83. The van der Waals surface area contributed by atoms with Crippen molar-refractivity contribution in [3.05, 3.63) is 35.9 Å². The second-order valence-electron chi connectivity index (χ2n) is 15.7. The lowest BCUT2D eigenvalue weighted by molar-refractivity contribution is -0.149. The zero-order valence-corrected chi connectivity index (χ0v) is 34.7. The number of rotatable bonds is 25. The van der Waals surface area contributed by atoms with E-state index >= 15 is 0 Å². The zero-order chi connectivity index (χ0) is 45.1. The van der Waals surface area contributed by atoms with Gasteiger partial charge in [-0.05, 0) is 55.9 Å². The van der Waals surface area contributed by atoms with E-state index in [0.717, 1.165) is 4.90 Å². The van der Waals surface area contributed by atoms with Crippen molar-refractivity contribution in [2.24, 2.45) is 39.8 Å². The van der Waals surface area contributed by atoms with Gasteiger partial charge in [-0.25, -0.2) is 4.79 Å². The highest BCUT2D eigenvalue weighted by Gasteiger charge is 2.39. The van der Waals surface area contributed by atoms with Gasteiger partial charge in [0, 0.05) is 19.5 Å². The summed E-state index contributed by atoms with van der Waals surface area (Å²) in [6, 6.07) is -0.236. The molecule has 7 amide bonds. The van der Waals surface area contributed by atoms with Crippen molar-refractivity contribution in [3.63, 3.8) is 0 Å². The molecule has 1 saturated heterocycles. The maximum atomic E-state index is 14.0. The van der Waals surface area contributed by atoms with Gasteiger partial charge in [0.15, 0.2) is 5.96 Å². The molecule has 21 heteroatoms. The molecular formula is C39H63N11O10. The number of aliphatic imine (C=N–C) groups is 1. The van der Waals surface area contributed by atoms with Crippen LogP contribution in [0.4, 0.5) is 0 Å². The van der Waals surface area contributed by atoms with Crippen LogP contribution in [0.25, 0.3) is 0 Å². The smallest absolute Gasteiger partial charge is 0.326 e. The Balaban J connectivity index is 2.39. The molecule has 1 aliphatic rings.